The Hall–Kier alpha value is -1.81. The molecule has 0 bridgehead atoms. The van der Waals surface area contributed by atoms with Gasteiger partial charge in [0.2, 0.25) is 5.91 Å². The Bertz CT molecular complexity index is 729. The molecule has 132 valence electrons. The van der Waals surface area contributed by atoms with Gasteiger partial charge in [0.05, 0.1) is 11.8 Å². The maximum Gasteiger partial charge on any atom is 0.230 e. The Morgan fingerprint density at radius 2 is 1.84 bits per heavy atom. The number of benzene rings is 2. The molecular formula is C21H24FNOS. The van der Waals surface area contributed by atoms with E-state index < -0.39 is 0 Å². The van der Waals surface area contributed by atoms with Crippen LogP contribution < -0.4 is 5.32 Å². The lowest BCUT2D eigenvalue weighted by molar-refractivity contribution is -0.119. The van der Waals surface area contributed by atoms with Crippen molar-refractivity contribution in [3.05, 3.63) is 70.5 Å². The van der Waals surface area contributed by atoms with Gasteiger partial charge in [-0.3, -0.25) is 4.79 Å². The largest absolute Gasteiger partial charge is 0.349 e. The fourth-order valence-corrected chi connectivity index (χ4v) is 4.03. The average molecular weight is 357 g/mol. The molecule has 2 aromatic carbocycles. The van der Waals surface area contributed by atoms with E-state index in [1.807, 2.05) is 6.92 Å². The number of halogens is 1. The van der Waals surface area contributed by atoms with Gasteiger partial charge in [-0.25, -0.2) is 4.39 Å². The van der Waals surface area contributed by atoms with E-state index in [2.05, 4.69) is 23.5 Å². The summed E-state index contributed by atoms with van der Waals surface area (Å²) in [6.07, 6.45) is 4.87. The van der Waals surface area contributed by atoms with Crippen LogP contribution in [0.1, 0.15) is 48.1 Å². The fourth-order valence-electron chi connectivity index (χ4n) is 3.23. The van der Waals surface area contributed by atoms with Crippen molar-refractivity contribution in [2.45, 2.75) is 44.4 Å². The number of amides is 1. The third kappa shape index (κ3) is 5.08. The first-order valence-electron chi connectivity index (χ1n) is 8.85. The second kappa shape index (κ2) is 8.52. The zero-order valence-corrected chi connectivity index (χ0v) is 15.4. The molecule has 0 fully saturated rings. The van der Waals surface area contributed by atoms with Gasteiger partial charge >= 0.3 is 0 Å². The third-order valence-electron chi connectivity index (χ3n) is 4.67. The summed E-state index contributed by atoms with van der Waals surface area (Å²) in [5.41, 5.74) is 5.11. The second-order valence-corrected chi connectivity index (χ2v) is 7.63. The summed E-state index contributed by atoms with van der Waals surface area (Å²) >= 11 is 1.55. The van der Waals surface area contributed by atoms with Crippen molar-refractivity contribution < 1.29 is 9.18 Å². The highest BCUT2D eigenvalue weighted by Crippen LogP contribution is 2.25. The van der Waals surface area contributed by atoms with Crippen LogP contribution in [-0.2, 0) is 23.4 Å². The molecule has 0 spiro atoms. The van der Waals surface area contributed by atoms with E-state index in [-0.39, 0.29) is 17.8 Å². The number of fused-ring (bicyclic) bond motifs is 1. The van der Waals surface area contributed by atoms with Gasteiger partial charge in [0.25, 0.3) is 0 Å². The number of rotatable bonds is 6. The van der Waals surface area contributed by atoms with E-state index in [9.17, 15) is 9.18 Å². The molecule has 0 aliphatic heterocycles. The van der Waals surface area contributed by atoms with E-state index in [0.29, 0.717) is 11.5 Å². The summed E-state index contributed by atoms with van der Waals surface area (Å²) < 4.78 is 12.9. The molecule has 1 aliphatic rings. The zero-order valence-electron chi connectivity index (χ0n) is 14.6. The van der Waals surface area contributed by atoms with Crippen LogP contribution >= 0.6 is 11.8 Å². The summed E-state index contributed by atoms with van der Waals surface area (Å²) in [6, 6.07) is 13.1. The molecule has 1 aliphatic carbocycles. The van der Waals surface area contributed by atoms with Crippen molar-refractivity contribution in [1.29, 1.82) is 0 Å². The van der Waals surface area contributed by atoms with Crippen molar-refractivity contribution in [3.8, 4) is 0 Å². The average Bonchev–Trinajstić information content (AvgIpc) is 2.63. The molecule has 0 saturated carbocycles. The highest BCUT2D eigenvalue weighted by atomic mass is 32.2. The monoisotopic (exact) mass is 357 g/mol. The molecule has 0 unspecified atom stereocenters. The number of carbonyl (C=O) groups excluding carboxylic acids is 1. The summed E-state index contributed by atoms with van der Waals surface area (Å²) in [5.74, 6) is 0.927. The standard InChI is InChI=1S/C21H24FNOS/c1-15(18-9-8-17-4-2-3-5-19(17)12-18)23-21(24)14-25-13-16-6-10-20(22)11-7-16/h6-12,15H,2-5,13-14H2,1H3,(H,23,24)/t15-/m0/s1. The van der Waals surface area contributed by atoms with Crippen LogP contribution in [0.5, 0.6) is 0 Å². The molecule has 0 radical (unpaired) electrons. The van der Waals surface area contributed by atoms with Crippen molar-refractivity contribution in [1.82, 2.24) is 5.32 Å². The van der Waals surface area contributed by atoms with Crippen LogP contribution in [-0.4, -0.2) is 11.7 Å². The van der Waals surface area contributed by atoms with Crippen LogP contribution in [0.25, 0.3) is 0 Å². The SMILES string of the molecule is C[C@H](NC(=O)CSCc1ccc(F)cc1)c1ccc2c(c1)CCCC2. The number of carbonyl (C=O) groups is 1. The normalized spacial score (nSPS) is 14.6. The van der Waals surface area contributed by atoms with Crippen molar-refractivity contribution in [3.63, 3.8) is 0 Å². The Balaban J connectivity index is 1.48. The maximum atomic E-state index is 12.9. The van der Waals surface area contributed by atoms with E-state index in [1.54, 1.807) is 23.9 Å². The first-order valence-corrected chi connectivity index (χ1v) is 10.0. The topological polar surface area (TPSA) is 29.1 Å². The van der Waals surface area contributed by atoms with Gasteiger partial charge in [-0.05, 0) is 67.0 Å². The van der Waals surface area contributed by atoms with Gasteiger partial charge in [-0.15, -0.1) is 11.8 Å². The predicted molar refractivity (Wildman–Crippen MR) is 102 cm³/mol. The Morgan fingerprint density at radius 3 is 2.60 bits per heavy atom. The summed E-state index contributed by atoms with van der Waals surface area (Å²) in [6.45, 7) is 2.03. The van der Waals surface area contributed by atoms with Crippen molar-refractivity contribution >= 4 is 17.7 Å². The Morgan fingerprint density at radius 1 is 1.12 bits per heavy atom. The van der Waals surface area contributed by atoms with Crippen LogP contribution in [0.4, 0.5) is 4.39 Å². The molecule has 4 heteroatoms. The number of hydrogen-bond donors (Lipinski definition) is 1. The highest BCUT2D eigenvalue weighted by molar-refractivity contribution is 7.99. The number of hydrogen-bond acceptors (Lipinski definition) is 2. The van der Waals surface area contributed by atoms with E-state index in [1.165, 1.54) is 48.1 Å². The summed E-state index contributed by atoms with van der Waals surface area (Å²) in [5, 5.41) is 3.08. The van der Waals surface area contributed by atoms with Crippen LogP contribution in [0.15, 0.2) is 42.5 Å². The maximum absolute atomic E-state index is 12.9. The molecule has 0 saturated heterocycles. The molecule has 25 heavy (non-hydrogen) atoms. The fraction of sp³-hybridized carbons (Fsp3) is 0.381. The van der Waals surface area contributed by atoms with Gasteiger partial charge in [0.1, 0.15) is 5.82 Å². The third-order valence-corrected chi connectivity index (χ3v) is 5.67. The van der Waals surface area contributed by atoms with Gasteiger partial charge in [0, 0.05) is 5.75 Å². The second-order valence-electron chi connectivity index (χ2n) is 6.64. The minimum absolute atomic E-state index is 0.0196. The van der Waals surface area contributed by atoms with Gasteiger partial charge < -0.3 is 5.32 Å². The molecule has 3 rings (SSSR count). The molecule has 2 aromatic rings. The lowest BCUT2D eigenvalue weighted by Gasteiger charge is -2.20. The van der Waals surface area contributed by atoms with Crippen LogP contribution in [0.2, 0.25) is 0 Å². The Labute approximate surface area is 153 Å². The highest BCUT2D eigenvalue weighted by Gasteiger charge is 2.14. The molecule has 1 amide bonds. The number of nitrogens with one attached hydrogen (secondary N) is 1. The Kier molecular flexibility index (Phi) is 6.14. The molecule has 0 aromatic heterocycles. The summed E-state index contributed by atoms with van der Waals surface area (Å²) in [7, 11) is 0. The van der Waals surface area contributed by atoms with E-state index in [0.717, 1.165) is 12.0 Å². The smallest absolute Gasteiger partial charge is 0.230 e. The number of thioether (sulfide) groups is 1. The zero-order chi connectivity index (χ0) is 17.6. The van der Waals surface area contributed by atoms with Gasteiger partial charge in [0.15, 0.2) is 0 Å². The quantitative estimate of drug-likeness (QED) is 0.803. The van der Waals surface area contributed by atoms with Crippen molar-refractivity contribution in [2.24, 2.45) is 0 Å². The lowest BCUT2D eigenvalue weighted by atomic mass is 9.89. The molecule has 0 heterocycles. The predicted octanol–water partition coefficient (Wildman–Crippen LogP) is 4.82. The molecule has 1 atom stereocenters. The number of aryl methyl sites for hydroxylation is 2. The first kappa shape index (κ1) is 18.0. The minimum Gasteiger partial charge on any atom is -0.349 e. The van der Waals surface area contributed by atoms with Crippen LogP contribution in [0.3, 0.4) is 0 Å². The van der Waals surface area contributed by atoms with E-state index >= 15 is 0 Å². The van der Waals surface area contributed by atoms with Crippen molar-refractivity contribution in [2.75, 3.05) is 5.75 Å². The summed E-state index contributed by atoms with van der Waals surface area (Å²) in [4.78, 5) is 12.2. The van der Waals surface area contributed by atoms with Crippen LogP contribution in [0, 0.1) is 5.82 Å². The lowest BCUT2D eigenvalue weighted by Crippen LogP contribution is -2.28. The molecule has 2 nitrogen and oxygen atoms in total. The van der Waals surface area contributed by atoms with Gasteiger partial charge in [-0.1, -0.05) is 30.3 Å². The van der Waals surface area contributed by atoms with E-state index in [4.69, 9.17) is 0 Å². The molecule has 1 N–H and O–H groups in total. The van der Waals surface area contributed by atoms with Gasteiger partial charge in [-0.2, -0.15) is 0 Å². The first-order chi connectivity index (χ1) is 12.1. The minimum atomic E-state index is -0.231. The molecular weight excluding hydrogens is 333 g/mol.